The first-order valence-corrected chi connectivity index (χ1v) is 8.13. The van der Waals surface area contributed by atoms with Crippen LogP contribution in [-0.2, 0) is 0 Å². The topological polar surface area (TPSA) is 20.2 Å². The molecule has 0 aromatic carbocycles. The third kappa shape index (κ3) is 5.63. The molecule has 1 rings (SSSR count). The van der Waals surface area contributed by atoms with E-state index in [9.17, 15) is 18.3 Å². The van der Waals surface area contributed by atoms with E-state index in [0.29, 0.717) is 18.8 Å². The predicted molar refractivity (Wildman–Crippen MR) is 75.4 cm³/mol. The lowest BCUT2D eigenvalue weighted by molar-refractivity contribution is -0.186. The minimum atomic E-state index is -4.05. The normalized spacial score (nSPS) is 27.3. The van der Waals surface area contributed by atoms with E-state index in [1.165, 1.54) is 6.42 Å². The fourth-order valence-corrected chi connectivity index (χ4v) is 3.35. The van der Waals surface area contributed by atoms with E-state index >= 15 is 0 Å². The summed E-state index contributed by atoms with van der Waals surface area (Å²) in [6, 6.07) is 0. The summed E-state index contributed by atoms with van der Waals surface area (Å²) in [6.07, 6.45) is 2.23. The molecule has 0 aliphatic heterocycles. The molecule has 4 heteroatoms. The first kappa shape index (κ1) is 17.8. The molecule has 1 saturated carbocycles. The molecule has 0 saturated heterocycles. The van der Waals surface area contributed by atoms with Crippen molar-refractivity contribution in [1.82, 2.24) is 0 Å². The standard InChI is InChI=1S/C16H29F3O/c1-3-5-6-12(4-2)11-15(20)13-7-9-14(10-8-13)16(17,18)19/h12-15,20H,3-11H2,1-2H3. The van der Waals surface area contributed by atoms with Gasteiger partial charge in [0.25, 0.3) is 0 Å². The molecule has 2 unspecified atom stereocenters. The number of halogens is 3. The molecule has 0 heterocycles. The van der Waals surface area contributed by atoms with Crippen LogP contribution in [0.3, 0.4) is 0 Å². The van der Waals surface area contributed by atoms with Crippen molar-refractivity contribution in [2.75, 3.05) is 0 Å². The van der Waals surface area contributed by atoms with Gasteiger partial charge in [-0.1, -0.05) is 39.5 Å². The monoisotopic (exact) mass is 294 g/mol. The van der Waals surface area contributed by atoms with Gasteiger partial charge in [-0.05, 0) is 43.9 Å². The van der Waals surface area contributed by atoms with Crippen LogP contribution < -0.4 is 0 Å². The van der Waals surface area contributed by atoms with Gasteiger partial charge in [0, 0.05) is 0 Å². The Bertz CT molecular complexity index is 257. The van der Waals surface area contributed by atoms with E-state index in [1.54, 1.807) is 0 Å². The van der Waals surface area contributed by atoms with Crippen LogP contribution in [-0.4, -0.2) is 17.4 Å². The smallest absolute Gasteiger partial charge is 0.391 e. The molecule has 20 heavy (non-hydrogen) atoms. The second-order valence-corrected chi connectivity index (χ2v) is 6.37. The quantitative estimate of drug-likeness (QED) is 0.673. The predicted octanol–water partition coefficient (Wildman–Crippen LogP) is 5.32. The fraction of sp³-hybridized carbons (Fsp3) is 1.00. The molecule has 0 radical (unpaired) electrons. The van der Waals surface area contributed by atoms with Crippen LogP contribution in [0.15, 0.2) is 0 Å². The zero-order valence-electron chi connectivity index (χ0n) is 12.8. The average molecular weight is 294 g/mol. The fourth-order valence-electron chi connectivity index (χ4n) is 3.35. The molecule has 1 aliphatic rings. The van der Waals surface area contributed by atoms with Gasteiger partial charge >= 0.3 is 6.18 Å². The summed E-state index contributed by atoms with van der Waals surface area (Å²) in [7, 11) is 0. The molecule has 120 valence electrons. The highest BCUT2D eigenvalue weighted by Crippen LogP contribution is 2.41. The number of alkyl halides is 3. The molecule has 0 aromatic heterocycles. The summed E-state index contributed by atoms with van der Waals surface area (Å²) in [5, 5.41) is 10.3. The van der Waals surface area contributed by atoms with Crippen molar-refractivity contribution in [2.24, 2.45) is 17.8 Å². The Morgan fingerprint density at radius 3 is 2.15 bits per heavy atom. The maximum Gasteiger partial charge on any atom is 0.391 e. The van der Waals surface area contributed by atoms with Gasteiger partial charge in [0.05, 0.1) is 12.0 Å². The molecule has 0 aromatic rings. The Morgan fingerprint density at radius 1 is 1.10 bits per heavy atom. The summed E-state index contributed by atoms with van der Waals surface area (Å²) in [5.74, 6) is -0.553. The summed E-state index contributed by atoms with van der Waals surface area (Å²) < 4.78 is 37.8. The summed E-state index contributed by atoms with van der Waals surface area (Å²) in [4.78, 5) is 0. The molecular formula is C16H29F3O. The lowest BCUT2D eigenvalue weighted by atomic mass is 9.76. The molecule has 2 atom stereocenters. The van der Waals surface area contributed by atoms with Crippen LogP contribution >= 0.6 is 0 Å². The number of aliphatic hydroxyl groups is 1. The summed E-state index contributed by atoms with van der Waals surface area (Å²) in [6.45, 7) is 4.29. The maximum absolute atomic E-state index is 12.6. The van der Waals surface area contributed by atoms with Gasteiger partial charge in [0.15, 0.2) is 0 Å². The number of hydrogen-bond donors (Lipinski definition) is 1. The van der Waals surface area contributed by atoms with Crippen LogP contribution in [0, 0.1) is 17.8 Å². The van der Waals surface area contributed by atoms with Crippen LogP contribution in [0.5, 0.6) is 0 Å². The summed E-state index contributed by atoms with van der Waals surface area (Å²) in [5.41, 5.74) is 0. The Morgan fingerprint density at radius 2 is 1.70 bits per heavy atom. The van der Waals surface area contributed by atoms with Gasteiger partial charge in [0.1, 0.15) is 0 Å². The van der Waals surface area contributed by atoms with Gasteiger partial charge in [-0.3, -0.25) is 0 Å². The van der Waals surface area contributed by atoms with Crippen molar-refractivity contribution >= 4 is 0 Å². The third-order valence-electron chi connectivity index (χ3n) is 4.90. The zero-order chi connectivity index (χ0) is 15.2. The van der Waals surface area contributed by atoms with Crippen LogP contribution in [0.1, 0.15) is 71.6 Å². The Hall–Kier alpha value is -0.250. The molecule has 1 nitrogen and oxygen atoms in total. The van der Waals surface area contributed by atoms with Crippen molar-refractivity contribution in [1.29, 1.82) is 0 Å². The van der Waals surface area contributed by atoms with Crippen molar-refractivity contribution in [2.45, 2.75) is 83.9 Å². The van der Waals surface area contributed by atoms with Gasteiger partial charge in [0.2, 0.25) is 0 Å². The molecular weight excluding hydrogens is 265 g/mol. The van der Waals surface area contributed by atoms with Crippen LogP contribution in [0.4, 0.5) is 13.2 Å². The Kier molecular flexibility index (Phi) is 7.35. The van der Waals surface area contributed by atoms with Crippen molar-refractivity contribution in [3.8, 4) is 0 Å². The maximum atomic E-state index is 12.6. The Balaban J connectivity index is 2.36. The molecule has 1 fully saturated rings. The van der Waals surface area contributed by atoms with Gasteiger partial charge in [-0.2, -0.15) is 13.2 Å². The second-order valence-electron chi connectivity index (χ2n) is 6.37. The molecule has 0 spiro atoms. The average Bonchev–Trinajstić information content (AvgIpc) is 2.42. The minimum absolute atomic E-state index is 0.0734. The molecule has 0 amide bonds. The number of unbranched alkanes of at least 4 members (excludes halogenated alkanes) is 1. The van der Waals surface area contributed by atoms with E-state index in [0.717, 1.165) is 25.7 Å². The molecule has 0 bridgehead atoms. The highest BCUT2D eigenvalue weighted by Gasteiger charge is 2.42. The first-order valence-electron chi connectivity index (χ1n) is 8.13. The molecule has 1 N–H and O–H groups in total. The van der Waals surface area contributed by atoms with E-state index in [-0.39, 0.29) is 18.8 Å². The van der Waals surface area contributed by atoms with E-state index in [4.69, 9.17) is 0 Å². The van der Waals surface area contributed by atoms with Gasteiger partial charge in [-0.15, -0.1) is 0 Å². The number of hydrogen-bond acceptors (Lipinski definition) is 1. The number of aliphatic hydroxyl groups excluding tert-OH is 1. The summed E-state index contributed by atoms with van der Waals surface area (Å²) >= 11 is 0. The highest BCUT2D eigenvalue weighted by atomic mass is 19.4. The van der Waals surface area contributed by atoms with Crippen LogP contribution in [0.25, 0.3) is 0 Å². The highest BCUT2D eigenvalue weighted by molar-refractivity contribution is 4.81. The first-order chi connectivity index (χ1) is 9.38. The third-order valence-corrected chi connectivity index (χ3v) is 4.90. The SMILES string of the molecule is CCCCC(CC)CC(O)C1CCC(C(F)(F)F)CC1. The van der Waals surface area contributed by atoms with E-state index < -0.39 is 18.2 Å². The van der Waals surface area contributed by atoms with Crippen molar-refractivity contribution in [3.05, 3.63) is 0 Å². The van der Waals surface area contributed by atoms with Crippen molar-refractivity contribution in [3.63, 3.8) is 0 Å². The second kappa shape index (κ2) is 8.26. The lowest BCUT2D eigenvalue weighted by Crippen LogP contribution is -2.32. The van der Waals surface area contributed by atoms with E-state index in [1.807, 2.05) is 0 Å². The Labute approximate surface area is 120 Å². The van der Waals surface area contributed by atoms with Gasteiger partial charge < -0.3 is 5.11 Å². The van der Waals surface area contributed by atoms with Crippen LogP contribution in [0.2, 0.25) is 0 Å². The van der Waals surface area contributed by atoms with Crippen molar-refractivity contribution < 1.29 is 18.3 Å². The lowest BCUT2D eigenvalue weighted by Gasteiger charge is -2.33. The minimum Gasteiger partial charge on any atom is -0.393 e. The molecule has 1 aliphatic carbocycles. The van der Waals surface area contributed by atoms with E-state index in [2.05, 4.69) is 13.8 Å². The zero-order valence-corrected chi connectivity index (χ0v) is 12.8. The number of rotatable bonds is 7. The van der Waals surface area contributed by atoms with Gasteiger partial charge in [-0.25, -0.2) is 0 Å². The largest absolute Gasteiger partial charge is 0.393 e.